The molecular formula is C13H10Br2FNO. The van der Waals surface area contributed by atoms with Gasteiger partial charge in [0.25, 0.3) is 0 Å². The van der Waals surface area contributed by atoms with Gasteiger partial charge >= 0.3 is 0 Å². The van der Waals surface area contributed by atoms with Crippen LogP contribution in [0.1, 0.15) is 17.2 Å². The second-order valence-corrected chi connectivity index (χ2v) is 5.77. The van der Waals surface area contributed by atoms with Crippen molar-refractivity contribution in [1.82, 2.24) is 4.98 Å². The van der Waals surface area contributed by atoms with Gasteiger partial charge in [-0.25, -0.2) is 4.39 Å². The maximum absolute atomic E-state index is 13.2. The first-order valence-corrected chi connectivity index (χ1v) is 6.86. The van der Waals surface area contributed by atoms with Crippen LogP contribution in [0.5, 0.6) is 0 Å². The zero-order chi connectivity index (χ0) is 13.1. The van der Waals surface area contributed by atoms with E-state index in [9.17, 15) is 9.50 Å². The summed E-state index contributed by atoms with van der Waals surface area (Å²) in [4.78, 5) is 4.02. The Morgan fingerprint density at radius 2 is 1.89 bits per heavy atom. The van der Waals surface area contributed by atoms with E-state index in [1.165, 1.54) is 12.1 Å². The highest BCUT2D eigenvalue weighted by atomic mass is 79.9. The zero-order valence-electron chi connectivity index (χ0n) is 9.28. The van der Waals surface area contributed by atoms with Crippen molar-refractivity contribution in [2.75, 3.05) is 0 Å². The van der Waals surface area contributed by atoms with Gasteiger partial charge in [0.2, 0.25) is 0 Å². The molecule has 1 unspecified atom stereocenters. The molecule has 0 spiro atoms. The number of hydrogen-bond donors (Lipinski definition) is 1. The standard InChI is InChI=1S/C13H10Br2FNO/c14-10-3-9(4-12(16)5-10)13(18)2-8-1-11(15)7-17-6-8/h1,3-7,13,18H,2H2. The summed E-state index contributed by atoms with van der Waals surface area (Å²) in [5.74, 6) is -0.370. The molecule has 1 aromatic heterocycles. The predicted molar refractivity (Wildman–Crippen MR) is 74.7 cm³/mol. The summed E-state index contributed by atoms with van der Waals surface area (Å²) >= 11 is 6.53. The van der Waals surface area contributed by atoms with Crippen LogP contribution in [0, 0.1) is 5.82 Å². The molecule has 0 fully saturated rings. The van der Waals surface area contributed by atoms with Crippen LogP contribution in [0.15, 0.2) is 45.6 Å². The van der Waals surface area contributed by atoms with Gasteiger partial charge in [-0.1, -0.05) is 15.9 Å². The molecule has 0 bridgehead atoms. The van der Waals surface area contributed by atoms with Crippen LogP contribution in [0.25, 0.3) is 0 Å². The highest BCUT2D eigenvalue weighted by molar-refractivity contribution is 9.10. The van der Waals surface area contributed by atoms with E-state index in [4.69, 9.17) is 0 Å². The van der Waals surface area contributed by atoms with E-state index in [2.05, 4.69) is 36.8 Å². The van der Waals surface area contributed by atoms with Crippen molar-refractivity contribution in [1.29, 1.82) is 0 Å². The van der Waals surface area contributed by atoms with Gasteiger partial charge in [0, 0.05) is 27.8 Å². The van der Waals surface area contributed by atoms with Crippen LogP contribution >= 0.6 is 31.9 Å². The van der Waals surface area contributed by atoms with E-state index in [-0.39, 0.29) is 5.82 Å². The zero-order valence-corrected chi connectivity index (χ0v) is 12.4. The van der Waals surface area contributed by atoms with E-state index >= 15 is 0 Å². The lowest BCUT2D eigenvalue weighted by molar-refractivity contribution is 0.178. The number of benzene rings is 1. The predicted octanol–water partition coefficient (Wildman–Crippen LogP) is 4.02. The molecule has 1 aromatic carbocycles. The number of aliphatic hydroxyl groups excluding tert-OH is 1. The highest BCUT2D eigenvalue weighted by Gasteiger charge is 2.11. The Balaban J connectivity index is 2.19. The highest BCUT2D eigenvalue weighted by Crippen LogP contribution is 2.23. The molecule has 2 nitrogen and oxygen atoms in total. The number of rotatable bonds is 3. The third-order valence-electron chi connectivity index (χ3n) is 2.46. The quantitative estimate of drug-likeness (QED) is 0.880. The van der Waals surface area contributed by atoms with Gasteiger partial charge in [0.15, 0.2) is 0 Å². The number of halogens is 3. The molecule has 1 heterocycles. The number of aromatic nitrogens is 1. The molecule has 0 amide bonds. The van der Waals surface area contributed by atoms with Crippen LogP contribution in [0.3, 0.4) is 0 Å². The molecule has 5 heteroatoms. The Bertz CT molecular complexity index is 542. The number of hydrogen-bond acceptors (Lipinski definition) is 2. The van der Waals surface area contributed by atoms with Crippen molar-refractivity contribution in [3.8, 4) is 0 Å². The molecule has 94 valence electrons. The molecule has 0 aliphatic heterocycles. The van der Waals surface area contributed by atoms with E-state index < -0.39 is 6.10 Å². The minimum atomic E-state index is -0.756. The Morgan fingerprint density at radius 1 is 1.11 bits per heavy atom. The van der Waals surface area contributed by atoms with Crippen molar-refractivity contribution >= 4 is 31.9 Å². The van der Waals surface area contributed by atoms with Gasteiger partial charge < -0.3 is 5.11 Å². The second kappa shape index (κ2) is 5.91. The first kappa shape index (κ1) is 13.6. The number of pyridine rings is 1. The molecule has 0 saturated carbocycles. The van der Waals surface area contributed by atoms with Crippen molar-refractivity contribution < 1.29 is 9.50 Å². The van der Waals surface area contributed by atoms with Crippen LogP contribution in [-0.2, 0) is 6.42 Å². The molecule has 2 rings (SSSR count). The van der Waals surface area contributed by atoms with Gasteiger partial charge in [-0.3, -0.25) is 4.98 Å². The number of aliphatic hydroxyl groups is 1. The first-order valence-electron chi connectivity index (χ1n) is 5.28. The Hall–Kier alpha value is -0.780. The summed E-state index contributed by atoms with van der Waals surface area (Å²) in [6, 6.07) is 6.28. The minimum absolute atomic E-state index is 0.370. The summed E-state index contributed by atoms with van der Waals surface area (Å²) < 4.78 is 14.7. The molecule has 1 N–H and O–H groups in total. The summed E-state index contributed by atoms with van der Waals surface area (Å²) in [7, 11) is 0. The van der Waals surface area contributed by atoms with Crippen LogP contribution in [0.4, 0.5) is 4.39 Å². The fourth-order valence-electron chi connectivity index (χ4n) is 1.68. The molecule has 1 atom stereocenters. The summed E-state index contributed by atoms with van der Waals surface area (Å²) in [5, 5.41) is 10.1. The second-order valence-electron chi connectivity index (χ2n) is 3.93. The van der Waals surface area contributed by atoms with Gasteiger partial charge in [-0.2, -0.15) is 0 Å². The largest absolute Gasteiger partial charge is 0.388 e. The lowest BCUT2D eigenvalue weighted by Gasteiger charge is -2.11. The molecule has 0 aliphatic rings. The summed E-state index contributed by atoms with van der Waals surface area (Å²) in [6.45, 7) is 0. The Morgan fingerprint density at radius 3 is 2.56 bits per heavy atom. The normalized spacial score (nSPS) is 12.4. The van der Waals surface area contributed by atoms with E-state index in [1.807, 2.05) is 6.07 Å². The lowest BCUT2D eigenvalue weighted by Crippen LogP contribution is -2.03. The van der Waals surface area contributed by atoms with Crippen LogP contribution in [-0.4, -0.2) is 10.1 Å². The molecule has 0 saturated heterocycles. The Labute approximate surface area is 121 Å². The molecule has 18 heavy (non-hydrogen) atoms. The van der Waals surface area contributed by atoms with Crippen molar-refractivity contribution in [3.05, 3.63) is 62.5 Å². The lowest BCUT2D eigenvalue weighted by atomic mass is 10.0. The van der Waals surface area contributed by atoms with Gasteiger partial charge in [-0.15, -0.1) is 0 Å². The summed E-state index contributed by atoms with van der Waals surface area (Å²) in [6.07, 6.45) is 2.99. The van der Waals surface area contributed by atoms with E-state index in [1.54, 1.807) is 18.5 Å². The minimum Gasteiger partial charge on any atom is -0.388 e. The van der Waals surface area contributed by atoms with Crippen molar-refractivity contribution in [2.45, 2.75) is 12.5 Å². The maximum atomic E-state index is 13.2. The van der Waals surface area contributed by atoms with Crippen molar-refractivity contribution in [3.63, 3.8) is 0 Å². The van der Waals surface area contributed by atoms with Gasteiger partial charge in [0.1, 0.15) is 5.82 Å². The maximum Gasteiger partial charge on any atom is 0.124 e. The Kier molecular flexibility index (Phi) is 4.48. The SMILES string of the molecule is OC(Cc1cncc(Br)c1)c1cc(F)cc(Br)c1. The fourth-order valence-corrected chi connectivity index (χ4v) is 2.57. The molecule has 0 aliphatic carbocycles. The number of nitrogens with zero attached hydrogens (tertiary/aromatic N) is 1. The van der Waals surface area contributed by atoms with E-state index in [0.717, 1.165) is 10.0 Å². The molecule has 0 radical (unpaired) electrons. The topological polar surface area (TPSA) is 33.1 Å². The average Bonchev–Trinajstić information content (AvgIpc) is 2.27. The smallest absolute Gasteiger partial charge is 0.124 e. The molecular weight excluding hydrogens is 365 g/mol. The van der Waals surface area contributed by atoms with E-state index in [0.29, 0.717) is 16.5 Å². The van der Waals surface area contributed by atoms with Crippen LogP contribution in [0.2, 0.25) is 0 Å². The third kappa shape index (κ3) is 3.60. The first-order chi connectivity index (χ1) is 8.54. The molecule has 2 aromatic rings. The monoisotopic (exact) mass is 373 g/mol. The van der Waals surface area contributed by atoms with Crippen LogP contribution < -0.4 is 0 Å². The van der Waals surface area contributed by atoms with Gasteiger partial charge in [0.05, 0.1) is 6.10 Å². The average molecular weight is 375 g/mol. The summed E-state index contributed by atoms with van der Waals surface area (Å²) in [5.41, 5.74) is 1.43. The van der Waals surface area contributed by atoms with Gasteiger partial charge in [-0.05, 0) is 51.3 Å². The van der Waals surface area contributed by atoms with Crippen molar-refractivity contribution in [2.24, 2.45) is 0 Å². The third-order valence-corrected chi connectivity index (χ3v) is 3.35. The fraction of sp³-hybridized carbons (Fsp3) is 0.154.